The number of hydrogen-bond acceptors (Lipinski definition) is 2. The van der Waals surface area contributed by atoms with Gasteiger partial charge in [-0.15, -0.1) is 0 Å². The average molecular weight is 472 g/mol. The number of benzene rings is 3. The van der Waals surface area contributed by atoms with Crippen molar-refractivity contribution in [1.82, 2.24) is 4.57 Å². The normalized spacial score (nSPS) is 12.2. The molecule has 5 rings (SSSR count). The number of fused-ring (bicyclic) bond motifs is 1. The number of rotatable bonds is 6. The lowest BCUT2D eigenvalue weighted by molar-refractivity contribution is -0.682. The third kappa shape index (κ3) is 4.09. The minimum Gasteiger partial charge on any atom is -0.456 e. The molecule has 5 heteroatoms. The number of aromatic nitrogens is 2. The molecule has 0 saturated carbocycles. The monoisotopic (exact) mass is 471 g/mol. The number of hydrogen-bond donors (Lipinski definition) is 0. The van der Waals surface area contributed by atoms with E-state index in [0.717, 1.165) is 26.8 Å². The van der Waals surface area contributed by atoms with Crippen LogP contribution in [0.1, 0.15) is 27.7 Å². The second-order valence-electron chi connectivity index (χ2n) is 7.46. The summed E-state index contributed by atoms with van der Waals surface area (Å²) in [4.78, 5) is 12.7. The van der Waals surface area contributed by atoms with Crippen LogP contribution >= 0.6 is 15.9 Å². The lowest BCUT2D eigenvalue weighted by Gasteiger charge is -2.11. The Morgan fingerprint density at radius 1 is 0.968 bits per heavy atom. The number of imidazole rings is 1. The minimum absolute atomic E-state index is 0.0650. The van der Waals surface area contributed by atoms with E-state index in [4.69, 9.17) is 4.42 Å². The maximum Gasteiger partial charge on any atom is 0.245 e. The van der Waals surface area contributed by atoms with E-state index in [0.29, 0.717) is 5.56 Å². The molecule has 2 aromatic heterocycles. The summed E-state index contributed by atoms with van der Waals surface area (Å²) in [6, 6.07) is 27.7. The van der Waals surface area contributed by atoms with Crippen molar-refractivity contribution in [3.63, 3.8) is 0 Å². The lowest BCUT2D eigenvalue weighted by Crippen LogP contribution is -2.36. The van der Waals surface area contributed by atoms with Crippen molar-refractivity contribution in [2.24, 2.45) is 0 Å². The highest BCUT2D eigenvalue weighted by Crippen LogP contribution is 2.31. The van der Waals surface area contributed by atoms with Crippen molar-refractivity contribution in [3.8, 4) is 0 Å². The van der Waals surface area contributed by atoms with Gasteiger partial charge in [0.1, 0.15) is 18.0 Å². The third-order valence-electron chi connectivity index (χ3n) is 5.33. The van der Waals surface area contributed by atoms with Gasteiger partial charge in [0.25, 0.3) is 0 Å². The lowest BCUT2D eigenvalue weighted by atomic mass is 10.0. The fourth-order valence-corrected chi connectivity index (χ4v) is 4.07. The van der Waals surface area contributed by atoms with Crippen LogP contribution in [0.25, 0.3) is 11.0 Å². The second kappa shape index (κ2) is 8.36. The van der Waals surface area contributed by atoms with Crippen LogP contribution in [0, 0.1) is 0 Å². The van der Waals surface area contributed by atoms with Gasteiger partial charge in [-0.2, -0.15) is 0 Å². The van der Waals surface area contributed by atoms with Crippen molar-refractivity contribution in [3.05, 3.63) is 125 Å². The molecule has 0 bridgehead atoms. The molecule has 2 heterocycles. The maximum atomic E-state index is 12.7. The van der Waals surface area contributed by atoms with E-state index in [1.807, 2.05) is 84.0 Å². The van der Waals surface area contributed by atoms with Crippen LogP contribution in [0.5, 0.6) is 0 Å². The summed E-state index contributed by atoms with van der Waals surface area (Å²) in [6.45, 7) is 0.274. The number of para-hydroxylation sites is 1. The summed E-state index contributed by atoms with van der Waals surface area (Å²) < 4.78 is 11.2. The van der Waals surface area contributed by atoms with Crippen LogP contribution < -0.4 is 4.57 Å². The number of halogens is 1. The van der Waals surface area contributed by atoms with Crippen LogP contribution in [0.4, 0.5) is 0 Å². The number of nitrogens with zero attached hydrogens (tertiary/aromatic N) is 2. The highest BCUT2D eigenvalue weighted by Gasteiger charge is 2.26. The quantitative estimate of drug-likeness (QED) is 0.231. The molecule has 4 nitrogen and oxygen atoms in total. The van der Waals surface area contributed by atoms with E-state index in [2.05, 4.69) is 44.8 Å². The van der Waals surface area contributed by atoms with Gasteiger partial charge in [-0.3, -0.25) is 4.79 Å². The summed E-state index contributed by atoms with van der Waals surface area (Å²) in [5, 5.41) is 1.07. The van der Waals surface area contributed by atoms with Crippen molar-refractivity contribution >= 4 is 32.7 Å². The number of carbonyl (C=O) groups is 1. The summed E-state index contributed by atoms with van der Waals surface area (Å²) >= 11 is 3.41. The van der Waals surface area contributed by atoms with Crippen LogP contribution in [-0.4, -0.2) is 10.4 Å². The first-order chi connectivity index (χ1) is 15.2. The highest BCUT2D eigenvalue weighted by molar-refractivity contribution is 9.10. The molecule has 1 unspecified atom stereocenters. The average Bonchev–Trinajstić information content (AvgIpc) is 3.42. The standard InChI is InChI=1S/C26H20BrN2O2/c27-22-12-10-19(11-13-22)23(30)17-28-14-15-29(18-28)26(20-6-2-1-3-7-20)25-16-21-8-4-5-9-24(21)31-25/h1-16,18,26H,17H2/q+1. The number of Topliss-reactive ketones (excluding diaryl/α,β-unsaturated/α-hetero) is 1. The van der Waals surface area contributed by atoms with E-state index in [-0.39, 0.29) is 18.4 Å². The van der Waals surface area contributed by atoms with Crippen molar-refractivity contribution in [1.29, 1.82) is 0 Å². The van der Waals surface area contributed by atoms with E-state index in [9.17, 15) is 4.79 Å². The molecule has 0 amide bonds. The first-order valence-electron chi connectivity index (χ1n) is 10.1. The first kappa shape index (κ1) is 19.5. The van der Waals surface area contributed by atoms with Gasteiger partial charge in [0.05, 0.1) is 0 Å². The Balaban J connectivity index is 1.48. The number of carbonyl (C=O) groups excluding carboxylic acids is 1. The molecule has 5 aromatic rings. The summed E-state index contributed by atoms with van der Waals surface area (Å²) in [6.07, 6.45) is 5.87. The molecule has 31 heavy (non-hydrogen) atoms. The third-order valence-corrected chi connectivity index (χ3v) is 5.86. The topological polar surface area (TPSA) is 39.0 Å². The van der Waals surface area contributed by atoms with Crippen molar-refractivity contribution < 1.29 is 13.8 Å². The molecule has 3 aromatic carbocycles. The summed E-state index contributed by atoms with van der Waals surface area (Å²) in [5.74, 6) is 0.921. The van der Waals surface area contributed by atoms with Gasteiger partial charge < -0.3 is 4.42 Å². The van der Waals surface area contributed by atoms with Gasteiger partial charge >= 0.3 is 0 Å². The Morgan fingerprint density at radius 3 is 2.48 bits per heavy atom. The zero-order chi connectivity index (χ0) is 21.2. The number of furan rings is 1. The predicted molar refractivity (Wildman–Crippen MR) is 123 cm³/mol. The highest BCUT2D eigenvalue weighted by atomic mass is 79.9. The van der Waals surface area contributed by atoms with Gasteiger partial charge in [0.15, 0.2) is 18.3 Å². The Hall–Kier alpha value is -3.44. The Morgan fingerprint density at radius 2 is 1.71 bits per heavy atom. The fraction of sp³-hybridized carbons (Fsp3) is 0.0769. The largest absolute Gasteiger partial charge is 0.456 e. The van der Waals surface area contributed by atoms with Gasteiger partial charge in [-0.05, 0) is 24.3 Å². The zero-order valence-electron chi connectivity index (χ0n) is 16.7. The molecular formula is C26H20BrN2O2+. The van der Waals surface area contributed by atoms with Crippen LogP contribution in [0.2, 0.25) is 0 Å². The molecule has 0 fully saturated rings. The van der Waals surface area contributed by atoms with Gasteiger partial charge in [0, 0.05) is 21.0 Å². The number of ketones is 1. The fourth-order valence-electron chi connectivity index (χ4n) is 3.81. The van der Waals surface area contributed by atoms with Gasteiger partial charge in [-0.1, -0.05) is 76.6 Å². The van der Waals surface area contributed by atoms with Gasteiger partial charge in [-0.25, -0.2) is 9.13 Å². The molecular weight excluding hydrogens is 452 g/mol. The van der Waals surface area contributed by atoms with E-state index in [1.54, 1.807) is 0 Å². The van der Waals surface area contributed by atoms with Crippen LogP contribution in [0.15, 0.2) is 113 Å². The van der Waals surface area contributed by atoms with Crippen LogP contribution in [0.3, 0.4) is 0 Å². The minimum atomic E-state index is -0.127. The Labute approximate surface area is 188 Å². The second-order valence-corrected chi connectivity index (χ2v) is 8.38. The van der Waals surface area contributed by atoms with Crippen LogP contribution in [-0.2, 0) is 6.54 Å². The maximum absolute atomic E-state index is 12.7. The first-order valence-corrected chi connectivity index (χ1v) is 10.9. The molecule has 1 atom stereocenters. The van der Waals surface area contributed by atoms with Crippen molar-refractivity contribution in [2.75, 3.05) is 0 Å². The molecule has 0 radical (unpaired) electrons. The SMILES string of the molecule is O=C(C[n+]1ccn(C(c2ccccc2)c2cc3ccccc3o2)c1)c1ccc(Br)cc1. The predicted octanol–water partition coefficient (Wildman–Crippen LogP) is 5.80. The zero-order valence-corrected chi connectivity index (χ0v) is 18.3. The van der Waals surface area contributed by atoms with E-state index in [1.165, 1.54) is 0 Å². The smallest absolute Gasteiger partial charge is 0.245 e. The Bertz CT molecular complexity index is 1300. The van der Waals surface area contributed by atoms with Gasteiger partial charge in [0.2, 0.25) is 12.1 Å². The summed E-state index contributed by atoms with van der Waals surface area (Å²) in [7, 11) is 0. The molecule has 0 aliphatic rings. The molecule has 0 aliphatic carbocycles. The van der Waals surface area contributed by atoms with Crippen molar-refractivity contribution in [2.45, 2.75) is 12.6 Å². The molecule has 0 spiro atoms. The van der Waals surface area contributed by atoms with E-state index < -0.39 is 0 Å². The van der Waals surface area contributed by atoms with E-state index >= 15 is 0 Å². The molecule has 0 saturated heterocycles. The summed E-state index contributed by atoms with van der Waals surface area (Å²) in [5.41, 5.74) is 2.67. The molecule has 0 aliphatic heterocycles. The molecule has 0 N–H and O–H groups in total. The Kier molecular flexibility index (Phi) is 5.26. The molecule has 152 valence electrons.